The number of nitrogens with zero attached hydrogens (tertiary/aromatic N) is 1. The van der Waals surface area contributed by atoms with Crippen LogP contribution in [0.15, 0.2) is 48.5 Å². The van der Waals surface area contributed by atoms with Gasteiger partial charge in [0.25, 0.3) is 0 Å². The summed E-state index contributed by atoms with van der Waals surface area (Å²) in [6.07, 6.45) is 0.898. The van der Waals surface area contributed by atoms with Crippen LogP contribution in [0.1, 0.15) is 36.1 Å². The molecule has 1 heterocycles. The highest BCUT2D eigenvalue weighted by atomic mass is 19.1. The third-order valence-corrected chi connectivity index (χ3v) is 4.35. The molecule has 0 saturated heterocycles. The minimum Gasteiger partial charge on any atom is -0.326 e. The average Bonchev–Trinajstić information content (AvgIpc) is 2.92. The number of fused-ring (bicyclic) bond motifs is 1. The van der Waals surface area contributed by atoms with Crippen LogP contribution in [-0.4, -0.2) is 10.9 Å². The first kappa shape index (κ1) is 14.2. The standard InChI is InChI=1S/C18H21FN2/c1-2-17(20)18(13-7-9-16(19)10-8-13)21-11-14-5-3-4-6-15(14)12-21/h3-10,17-18H,2,11-12,20H2,1H3. The number of nitrogens with two attached hydrogens (primary N) is 1. The van der Waals surface area contributed by atoms with E-state index in [4.69, 9.17) is 5.73 Å². The highest BCUT2D eigenvalue weighted by Gasteiger charge is 2.30. The summed E-state index contributed by atoms with van der Waals surface area (Å²) < 4.78 is 13.2. The van der Waals surface area contributed by atoms with Crippen LogP contribution in [0.2, 0.25) is 0 Å². The van der Waals surface area contributed by atoms with Gasteiger partial charge in [-0.25, -0.2) is 4.39 Å². The van der Waals surface area contributed by atoms with Crippen LogP contribution in [-0.2, 0) is 13.1 Å². The Morgan fingerprint density at radius 3 is 2.14 bits per heavy atom. The minimum atomic E-state index is -0.202. The second-order valence-corrected chi connectivity index (χ2v) is 5.74. The Balaban J connectivity index is 1.89. The molecule has 2 N–H and O–H groups in total. The van der Waals surface area contributed by atoms with Crippen LogP contribution in [0.3, 0.4) is 0 Å². The Labute approximate surface area is 125 Å². The van der Waals surface area contributed by atoms with Crippen LogP contribution in [0.25, 0.3) is 0 Å². The molecule has 1 aliphatic rings. The summed E-state index contributed by atoms with van der Waals surface area (Å²) >= 11 is 0. The first-order valence-corrected chi connectivity index (χ1v) is 7.51. The number of hydrogen-bond donors (Lipinski definition) is 1. The van der Waals surface area contributed by atoms with E-state index in [0.717, 1.165) is 25.1 Å². The quantitative estimate of drug-likeness (QED) is 0.929. The molecule has 3 heteroatoms. The molecule has 2 aromatic carbocycles. The fraction of sp³-hybridized carbons (Fsp3) is 0.333. The van der Waals surface area contributed by atoms with Crippen molar-refractivity contribution in [1.29, 1.82) is 0 Å². The van der Waals surface area contributed by atoms with Gasteiger partial charge < -0.3 is 5.73 Å². The minimum absolute atomic E-state index is 0.0461. The predicted octanol–water partition coefficient (Wildman–Crippen LogP) is 3.62. The summed E-state index contributed by atoms with van der Waals surface area (Å²) in [5.74, 6) is -0.202. The molecule has 0 bridgehead atoms. The maximum Gasteiger partial charge on any atom is 0.123 e. The van der Waals surface area contributed by atoms with Crippen LogP contribution in [0, 0.1) is 5.82 Å². The molecule has 0 amide bonds. The largest absolute Gasteiger partial charge is 0.326 e. The molecule has 0 aromatic heterocycles. The Hall–Kier alpha value is -1.71. The summed E-state index contributed by atoms with van der Waals surface area (Å²) in [6.45, 7) is 3.92. The van der Waals surface area contributed by atoms with E-state index in [2.05, 4.69) is 36.1 Å². The molecule has 1 aliphatic heterocycles. The lowest BCUT2D eigenvalue weighted by Gasteiger charge is -2.32. The SMILES string of the molecule is CCC(N)C(c1ccc(F)cc1)N1Cc2ccccc2C1. The Morgan fingerprint density at radius 2 is 1.62 bits per heavy atom. The third-order valence-electron chi connectivity index (χ3n) is 4.35. The monoisotopic (exact) mass is 284 g/mol. The normalized spacial score (nSPS) is 17.5. The summed E-state index contributed by atoms with van der Waals surface area (Å²) in [6, 6.07) is 15.4. The molecule has 2 atom stereocenters. The average molecular weight is 284 g/mol. The fourth-order valence-electron chi connectivity index (χ4n) is 3.17. The van der Waals surface area contributed by atoms with Crippen molar-refractivity contribution < 1.29 is 4.39 Å². The van der Waals surface area contributed by atoms with Crippen molar-refractivity contribution in [3.63, 3.8) is 0 Å². The lowest BCUT2D eigenvalue weighted by atomic mass is 9.96. The number of hydrogen-bond acceptors (Lipinski definition) is 2. The lowest BCUT2D eigenvalue weighted by Crippen LogP contribution is -2.38. The second kappa shape index (κ2) is 5.96. The Morgan fingerprint density at radius 1 is 1.05 bits per heavy atom. The van der Waals surface area contributed by atoms with Crippen molar-refractivity contribution in [2.75, 3.05) is 0 Å². The zero-order valence-corrected chi connectivity index (χ0v) is 12.3. The maximum absolute atomic E-state index is 13.2. The van der Waals surface area contributed by atoms with Gasteiger partial charge in [0.2, 0.25) is 0 Å². The maximum atomic E-state index is 13.2. The van der Waals surface area contributed by atoms with Gasteiger partial charge in [-0.15, -0.1) is 0 Å². The van der Waals surface area contributed by atoms with Crippen molar-refractivity contribution in [2.45, 2.75) is 38.5 Å². The van der Waals surface area contributed by atoms with Crippen LogP contribution < -0.4 is 5.73 Å². The van der Waals surface area contributed by atoms with Crippen molar-refractivity contribution in [1.82, 2.24) is 4.90 Å². The molecule has 110 valence electrons. The number of rotatable bonds is 4. The molecule has 3 rings (SSSR count). The van der Waals surface area contributed by atoms with E-state index in [1.54, 1.807) is 0 Å². The van der Waals surface area contributed by atoms with Gasteiger partial charge in [-0.3, -0.25) is 4.90 Å². The van der Waals surface area contributed by atoms with E-state index >= 15 is 0 Å². The molecule has 0 aliphatic carbocycles. The van der Waals surface area contributed by atoms with Crippen LogP contribution in [0.5, 0.6) is 0 Å². The van der Waals surface area contributed by atoms with Crippen molar-refractivity contribution >= 4 is 0 Å². The van der Waals surface area contributed by atoms with E-state index in [0.29, 0.717) is 0 Å². The van der Waals surface area contributed by atoms with Gasteiger partial charge in [0, 0.05) is 19.1 Å². The van der Waals surface area contributed by atoms with E-state index in [1.807, 2.05) is 12.1 Å². The highest BCUT2D eigenvalue weighted by molar-refractivity contribution is 5.32. The van der Waals surface area contributed by atoms with Gasteiger partial charge in [0.15, 0.2) is 0 Å². The zero-order chi connectivity index (χ0) is 14.8. The van der Waals surface area contributed by atoms with Gasteiger partial charge in [-0.1, -0.05) is 43.3 Å². The molecule has 0 radical (unpaired) electrons. The van der Waals surface area contributed by atoms with Gasteiger partial charge in [-0.05, 0) is 35.2 Å². The zero-order valence-electron chi connectivity index (χ0n) is 12.3. The van der Waals surface area contributed by atoms with E-state index in [1.165, 1.54) is 23.3 Å². The molecule has 21 heavy (non-hydrogen) atoms. The molecule has 2 unspecified atom stereocenters. The molecule has 0 fully saturated rings. The fourth-order valence-corrected chi connectivity index (χ4v) is 3.17. The first-order valence-electron chi connectivity index (χ1n) is 7.51. The topological polar surface area (TPSA) is 29.3 Å². The summed E-state index contributed by atoms with van der Waals surface area (Å²) in [5, 5.41) is 0. The molecule has 2 nitrogen and oxygen atoms in total. The second-order valence-electron chi connectivity index (χ2n) is 5.74. The summed E-state index contributed by atoms with van der Waals surface area (Å²) in [5.41, 5.74) is 10.2. The number of benzene rings is 2. The smallest absolute Gasteiger partial charge is 0.123 e. The lowest BCUT2D eigenvalue weighted by molar-refractivity contribution is 0.170. The van der Waals surface area contributed by atoms with Gasteiger partial charge in [-0.2, -0.15) is 0 Å². The Kier molecular flexibility index (Phi) is 4.04. The highest BCUT2D eigenvalue weighted by Crippen LogP contribution is 2.33. The van der Waals surface area contributed by atoms with Crippen LogP contribution >= 0.6 is 0 Å². The van der Waals surface area contributed by atoms with Gasteiger partial charge in [0.05, 0.1) is 6.04 Å². The van der Waals surface area contributed by atoms with Crippen LogP contribution in [0.4, 0.5) is 4.39 Å². The molecule has 2 aromatic rings. The molecule has 0 spiro atoms. The molecular formula is C18H21FN2. The third kappa shape index (κ3) is 2.85. The van der Waals surface area contributed by atoms with Crippen molar-refractivity contribution in [3.05, 3.63) is 71.0 Å². The molecule has 0 saturated carbocycles. The first-order chi connectivity index (χ1) is 10.2. The van der Waals surface area contributed by atoms with Gasteiger partial charge in [0.1, 0.15) is 5.82 Å². The summed E-state index contributed by atoms with van der Waals surface area (Å²) in [4.78, 5) is 2.39. The Bertz CT molecular complexity index is 584. The van der Waals surface area contributed by atoms with Gasteiger partial charge >= 0.3 is 0 Å². The van der Waals surface area contributed by atoms with E-state index in [9.17, 15) is 4.39 Å². The molecular weight excluding hydrogens is 263 g/mol. The predicted molar refractivity (Wildman–Crippen MR) is 83.1 cm³/mol. The van der Waals surface area contributed by atoms with E-state index < -0.39 is 0 Å². The van der Waals surface area contributed by atoms with E-state index in [-0.39, 0.29) is 17.9 Å². The van der Waals surface area contributed by atoms with Crippen molar-refractivity contribution in [3.8, 4) is 0 Å². The number of halogens is 1. The summed E-state index contributed by atoms with van der Waals surface area (Å²) in [7, 11) is 0. The van der Waals surface area contributed by atoms with Crippen molar-refractivity contribution in [2.24, 2.45) is 5.73 Å².